The fourth-order valence-electron chi connectivity index (χ4n) is 12.9. The zero-order valence-electron chi connectivity index (χ0n) is 36.5. The van der Waals surface area contributed by atoms with Gasteiger partial charge < -0.3 is 68.6 Å². The molecule has 21 atom stereocenters. The van der Waals surface area contributed by atoms with Gasteiger partial charge in [0.2, 0.25) is 0 Å². The Morgan fingerprint density at radius 2 is 1.61 bits per heavy atom. The van der Waals surface area contributed by atoms with Crippen molar-refractivity contribution in [2.45, 2.75) is 159 Å². The molecule has 7 aliphatic rings. The molecule has 62 heavy (non-hydrogen) atoms. The van der Waals surface area contributed by atoms with Crippen molar-refractivity contribution < 1.29 is 73.4 Å². The lowest BCUT2D eigenvalue weighted by Crippen LogP contribution is -2.64. The average Bonchev–Trinajstić information content (AvgIpc) is 3.59. The summed E-state index contributed by atoms with van der Waals surface area (Å²) < 4.78 is 41.7. The van der Waals surface area contributed by atoms with Crippen molar-refractivity contribution in [3.8, 4) is 5.75 Å². The molecule has 3 heterocycles. The first-order valence-electron chi connectivity index (χ1n) is 22.5. The number of ether oxygens (including phenoxy) is 7. The summed E-state index contributed by atoms with van der Waals surface area (Å²) in [5, 5.41) is 65.8. The van der Waals surface area contributed by atoms with Gasteiger partial charge in [-0.05, 0) is 119 Å². The standard InChI is InChI=1S/C47H66O15/c1-22(2)17-30-23(3)35-33(59-43(30)55)19-32-29-12-9-26-18-28(13-15-46(26,5)31(29)14-16-47(32,35)21-49)58-45-41(37(51)36(50)34(20-48)60-45)62-44-39(53)38(52)40(24(4)57-44)61-42(54)25-7-10-27(56-6)11-8-25/h7-11,17,21,23-24,28-41,43-45,48,50-53,55H,12-16,18-20H2,1-6H3/t23-,24+,28+,29-,30-,31+,32+,33+,34-,35+,36-,37+,38+,39-,40+,41-,43-,44-,45+,46+,47-/m1/s1. The van der Waals surface area contributed by atoms with Crippen LogP contribution >= 0.6 is 0 Å². The second-order valence-electron chi connectivity index (χ2n) is 19.6. The number of rotatable bonds is 10. The molecule has 8 rings (SSSR count). The van der Waals surface area contributed by atoms with E-state index in [2.05, 4.69) is 26.0 Å². The molecule has 344 valence electrons. The molecule has 1 aromatic rings. The van der Waals surface area contributed by atoms with Crippen LogP contribution in [0.2, 0.25) is 0 Å². The van der Waals surface area contributed by atoms with Gasteiger partial charge in [0.05, 0.1) is 37.6 Å². The number of aliphatic hydroxyl groups excluding tert-OH is 6. The predicted octanol–water partition coefficient (Wildman–Crippen LogP) is 3.20. The van der Waals surface area contributed by atoms with Crippen LogP contribution in [0.3, 0.4) is 0 Å². The number of aliphatic hydroxyl groups is 6. The van der Waals surface area contributed by atoms with Gasteiger partial charge in [0.1, 0.15) is 48.7 Å². The van der Waals surface area contributed by atoms with E-state index in [0.29, 0.717) is 24.5 Å². The van der Waals surface area contributed by atoms with Gasteiger partial charge in [-0.15, -0.1) is 0 Å². The normalized spacial score (nSPS) is 47.4. The molecule has 1 aromatic carbocycles. The Bertz CT molecular complexity index is 1830. The molecule has 0 spiro atoms. The molecule has 6 N–H and O–H groups in total. The van der Waals surface area contributed by atoms with Crippen molar-refractivity contribution >= 4 is 12.3 Å². The fourth-order valence-corrected chi connectivity index (χ4v) is 12.9. The van der Waals surface area contributed by atoms with E-state index in [1.54, 1.807) is 19.1 Å². The van der Waals surface area contributed by atoms with Crippen LogP contribution in [0.25, 0.3) is 0 Å². The molecule has 3 saturated carbocycles. The van der Waals surface area contributed by atoms with E-state index in [4.69, 9.17) is 33.2 Å². The largest absolute Gasteiger partial charge is 0.497 e. The number of carbonyl (C=O) groups excluding carboxylic acids is 2. The molecule has 4 aliphatic carbocycles. The van der Waals surface area contributed by atoms with Gasteiger partial charge in [-0.1, -0.05) is 37.1 Å². The third-order valence-corrected chi connectivity index (χ3v) is 16.1. The lowest BCUT2D eigenvalue weighted by molar-refractivity contribution is -0.369. The third kappa shape index (κ3) is 7.90. The van der Waals surface area contributed by atoms with Crippen LogP contribution in [0, 0.1) is 46.3 Å². The first kappa shape index (κ1) is 45.8. The third-order valence-electron chi connectivity index (χ3n) is 16.1. The maximum Gasteiger partial charge on any atom is 0.338 e. The summed E-state index contributed by atoms with van der Waals surface area (Å²) >= 11 is 0. The molecule has 3 aliphatic heterocycles. The van der Waals surface area contributed by atoms with Crippen molar-refractivity contribution in [1.82, 2.24) is 0 Å². The molecular weight excluding hydrogens is 805 g/mol. The summed E-state index contributed by atoms with van der Waals surface area (Å²) in [5.41, 5.74) is 1.93. The van der Waals surface area contributed by atoms with E-state index < -0.39 is 85.7 Å². The number of hydrogen-bond donors (Lipinski definition) is 6. The monoisotopic (exact) mass is 870 g/mol. The van der Waals surface area contributed by atoms with E-state index >= 15 is 0 Å². The van der Waals surface area contributed by atoms with Gasteiger partial charge in [0.25, 0.3) is 0 Å². The maximum absolute atomic E-state index is 13.4. The Hall–Kier alpha value is -2.80. The van der Waals surface area contributed by atoms with Crippen molar-refractivity contribution in [1.29, 1.82) is 0 Å². The van der Waals surface area contributed by atoms with Gasteiger partial charge in [-0.25, -0.2) is 4.79 Å². The summed E-state index contributed by atoms with van der Waals surface area (Å²) in [5.74, 6) is 0.524. The molecule has 15 nitrogen and oxygen atoms in total. The van der Waals surface area contributed by atoms with Crippen molar-refractivity contribution in [3.63, 3.8) is 0 Å². The Kier molecular flexibility index (Phi) is 13.2. The highest BCUT2D eigenvalue weighted by atomic mass is 16.8. The first-order chi connectivity index (χ1) is 29.5. The number of fused-ring (bicyclic) bond motifs is 7. The van der Waals surface area contributed by atoms with Gasteiger partial charge in [-0.3, -0.25) is 0 Å². The molecule has 6 fully saturated rings. The van der Waals surface area contributed by atoms with E-state index in [-0.39, 0.29) is 52.8 Å². The molecule has 0 unspecified atom stereocenters. The van der Waals surface area contributed by atoms with Crippen molar-refractivity contribution in [3.05, 3.63) is 53.1 Å². The SMILES string of the molecule is COc1ccc(C(=O)O[C@@H]2[C@@H](O)[C@@H](O)[C@@H](O[C@H]3[C@@H](O[C@H]4CC[C@@]5(C)C(=CC[C@H]6[C@@H]7C[C@@H]8O[C@@H](O)[C@H](C=C(C)C)[C@@H](C)[C@@H]8[C@@]7(C=O)CC[C@@H]65)C4)O[C@H](CO)[C@@H](O)[C@@H]3O)O[C@H]2C)cc1. The van der Waals surface area contributed by atoms with Crippen LogP contribution in [0.15, 0.2) is 47.6 Å². The molecule has 0 amide bonds. The van der Waals surface area contributed by atoms with E-state index in [9.17, 15) is 40.2 Å². The topological polar surface area (TPSA) is 220 Å². The van der Waals surface area contributed by atoms with Crippen LogP contribution in [0.5, 0.6) is 5.75 Å². The van der Waals surface area contributed by atoms with Gasteiger partial charge in [-0.2, -0.15) is 0 Å². The number of hydrogen-bond acceptors (Lipinski definition) is 15. The second-order valence-corrected chi connectivity index (χ2v) is 19.6. The zero-order valence-corrected chi connectivity index (χ0v) is 36.5. The minimum absolute atomic E-state index is 0.0372. The molecule has 0 aromatic heterocycles. The highest BCUT2D eigenvalue weighted by molar-refractivity contribution is 5.89. The summed E-state index contributed by atoms with van der Waals surface area (Å²) in [6.45, 7) is 9.50. The second kappa shape index (κ2) is 17.9. The van der Waals surface area contributed by atoms with Crippen molar-refractivity contribution in [2.24, 2.45) is 46.3 Å². The smallest absolute Gasteiger partial charge is 0.338 e. The number of methoxy groups -OCH3 is 1. The maximum atomic E-state index is 13.4. The Morgan fingerprint density at radius 1 is 0.887 bits per heavy atom. The highest BCUT2D eigenvalue weighted by Crippen LogP contribution is 2.68. The number of allylic oxidation sites excluding steroid dienone is 2. The van der Waals surface area contributed by atoms with Gasteiger partial charge in [0, 0.05) is 17.3 Å². The van der Waals surface area contributed by atoms with Crippen LogP contribution in [0.4, 0.5) is 0 Å². The summed E-state index contributed by atoms with van der Waals surface area (Å²) in [7, 11) is 1.50. The van der Waals surface area contributed by atoms with E-state index in [1.807, 2.05) is 13.8 Å². The molecule has 3 saturated heterocycles. The van der Waals surface area contributed by atoms with Crippen LogP contribution in [-0.4, -0.2) is 137 Å². The number of esters is 1. The first-order valence-corrected chi connectivity index (χ1v) is 22.5. The van der Waals surface area contributed by atoms with Gasteiger partial charge in [0.15, 0.2) is 25.0 Å². The number of carbonyl (C=O) groups is 2. The van der Waals surface area contributed by atoms with Crippen LogP contribution in [-0.2, 0) is 33.2 Å². The van der Waals surface area contributed by atoms with Crippen molar-refractivity contribution in [2.75, 3.05) is 13.7 Å². The Morgan fingerprint density at radius 3 is 2.29 bits per heavy atom. The fraction of sp³-hybridized carbons (Fsp3) is 0.745. The van der Waals surface area contributed by atoms with Crippen LogP contribution in [0.1, 0.15) is 89.9 Å². The summed E-state index contributed by atoms with van der Waals surface area (Å²) in [4.78, 5) is 26.3. The lowest BCUT2D eigenvalue weighted by Gasteiger charge is -2.58. The molecule has 0 bridgehead atoms. The molecular formula is C47H66O15. The Balaban J connectivity index is 0.952. The van der Waals surface area contributed by atoms with E-state index in [0.717, 1.165) is 37.7 Å². The van der Waals surface area contributed by atoms with E-state index in [1.165, 1.54) is 31.1 Å². The molecule has 15 heteroatoms. The van der Waals surface area contributed by atoms with Crippen LogP contribution < -0.4 is 4.74 Å². The lowest BCUT2D eigenvalue weighted by atomic mass is 9.46. The quantitative estimate of drug-likeness (QED) is 0.113. The highest BCUT2D eigenvalue weighted by Gasteiger charge is 2.66. The molecule has 0 radical (unpaired) electrons. The Labute approximate surface area is 363 Å². The number of aldehydes is 1. The number of benzene rings is 1. The summed E-state index contributed by atoms with van der Waals surface area (Å²) in [6, 6.07) is 6.19. The zero-order chi connectivity index (χ0) is 44.4. The minimum atomic E-state index is -1.74. The summed E-state index contributed by atoms with van der Waals surface area (Å²) in [6.07, 6.45) is -4.83. The minimum Gasteiger partial charge on any atom is -0.497 e. The predicted molar refractivity (Wildman–Crippen MR) is 220 cm³/mol. The van der Waals surface area contributed by atoms with Gasteiger partial charge >= 0.3 is 5.97 Å². The average molecular weight is 871 g/mol.